The van der Waals surface area contributed by atoms with Gasteiger partial charge in [-0.3, -0.25) is 14.4 Å². The molecule has 154 valence electrons. The average molecular weight is 389 g/mol. The monoisotopic (exact) mass is 388 g/mol. The lowest BCUT2D eigenvalue weighted by atomic mass is 9.89. The molecule has 0 saturated carbocycles. The minimum atomic E-state index is -1.19. The van der Waals surface area contributed by atoms with Gasteiger partial charge in [-0.25, -0.2) is 0 Å². The molecule has 1 aromatic rings. The molecule has 1 saturated heterocycles. The lowest BCUT2D eigenvalue weighted by Gasteiger charge is -2.36. The van der Waals surface area contributed by atoms with Crippen LogP contribution in [0.3, 0.4) is 0 Å². The van der Waals surface area contributed by atoms with Crippen molar-refractivity contribution in [3.63, 3.8) is 0 Å². The number of anilines is 2. The number of nitrogens with one attached hydrogen (secondary N) is 1. The van der Waals surface area contributed by atoms with Crippen molar-refractivity contribution >= 4 is 29.6 Å². The molecular weight excluding hydrogens is 356 g/mol. The van der Waals surface area contributed by atoms with Gasteiger partial charge < -0.3 is 20.0 Å². The summed E-state index contributed by atoms with van der Waals surface area (Å²) in [7, 11) is 0. The number of benzene rings is 1. The lowest BCUT2D eigenvalue weighted by Crippen LogP contribution is -2.54. The topological polar surface area (TPSA) is 73.0 Å². The molecule has 0 aliphatic carbocycles. The fraction of sp³-hybridized carbons (Fsp3) is 0.571. The van der Waals surface area contributed by atoms with E-state index in [2.05, 4.69) is 30.1 Å². The van der Waals surface area contributed by atoms with Crippen LogP contribution in [-0.4, -0.2) is 67.3 Å². The molecular formula is C21H32N4O3. The largest absolute Gasteiger partial charge is 0.372 e. The highest BCUT2D eigenvalue weighted by Crippen LogP contribution is 2.26. The second-order valence-electron chi connectivity index (χ2n) is 7.68. The van der Waals surface area contributed by atoms with Gasteiger partial charge in [-0.15, -0.1) is 0 Å². The maximum Gasteiger partial charge on any atom is 0.239 e. The Bertz CT molecular complexity index is 720. The van der Waals surface area contributed by atoms with Crippen LogP contribution in [0.4, 0.5) is 11.4 Å². The average Bonchev–Trinajstić information content (AvgIpc) is 2.70. The van der Waals surface area contributed by atoms with Crippen molar-refractivity contribution in [2.24, 2.45) is 5.41 Å². The number of piperazine rings is 1. The summed E-state index contributed by atoms with van der Waals surface area (Å²) in [4.78, 5) is 42.2. The van der Waals surface area contributed by atoms with Crippen molar-refractivity contribution in [2.45, 2.75) is 34.6 Å². The lowest BCUT2D eigenvalue weighted by molar-refractivity contribution is -0.148. The maximum absolute atomic E-state index is 12.9. The first kappa shape index (κ1) is 21.7. The molecule has 3 amide bonds. The highest BCUT2D eigenvalue weighted by molar-refractivity contribution is 6.10. The summed E-state index contributed by atoms with van der Waals surface area (Å²) in [6, 6.07) is 5.93. The van der Waals surface area contributed by atoms with E-state index in [4.69, 9.17) is 0 Å². The number of carbonyl (C=O) groups is 3. The first-order chi connectivity index (χ1) is 13.2. The van der Waals surface area contributed by atoms with Gasteiger partial charge in [0.15, 0.2) is 0 Å². The van der Waals surface area contributed by atoms with Crippen LogP contribution in [-0.2, 0) is 14.4 Å². The van der Waals surface area contributed by atoms with Crippen LogP contribution in [0, 0.1) is 12.3 Å². The second kappa shape index (κ2) is 9.08. The molecule has 1 aliphatic heterocycles. The highest BCUT2D eigenvalue weighted by Gasteiger charge is 2.40. The Kier molecular flexibility index (Phi) is 7.05. The van der Waals surface area contributed by atoms with E-state index in [1.54, 1.807) is 23.6 Å². The van der Waals surface area contributed by atoms with E-state index in [0.717, 1.165) is 30.8 Å². The quantitative estimate of drug-likeness (QED) is 0.574. The van der Waals surface area contributed by atoms with Crippen molar-refractivity contribution in [1.82, 2.24) is 9.80 Å². The summed E-state index contributed by atoms with van der Waals surface area (Å²) >= 11 is 0. The molecule has 1 fully saturated rings. The fourth-order valence-corrected chi connectivity index (χ4v) is 3.37. The van der Waals surface area contributed by atoms with E-state index in [1.807, 2.05) is 19.1 Å². The zero-order valence-electron chi connectivity index (χ0n) is 17.6. The van der Waals surface area contributed by atoms with Crippen LogP contribution in [0.5, 0.6) is 0 Å². The molecule has 7 nitrogen and oxygen atoms in total. The van der Waals surface area contributed by atoms with Gasteiger partial charge in [0.05, 0.1) is 0 Å². The van der Waals surface area contributed by atoms with Gasteiger partial charge in [0.2, 0.25) is 18.2 Å². The van der Waals surface area contributed by atoms with E-state index in [1.165, 1.54) is 0 Å². The summed E-state index contributed by atoms with van der Waals surface area (Å²) in [5, 5.41) is 2.92. The number of carbonyl (C=O) groups excluding carboxylic acids is 3. The van der Waals surface area contributed by atoms with Crippen LogP contribution < -0.4 is 10.2 Å². The molecule has 0 radical (unpaired) electrons. The Labute approximate surface area is 167 Å². The molecule has 0 atom stereocenters. The first-order valence-corrected chi connectivity index (χ1v) is 9.90. The van der Waals surface area contributed by atoms with Crippen LogP contribution >= 0.6 is 0 Å². The molecule has 0 aromatic heterocycles. The van der Waals surface area contributed by atoms with Crippen molar-refractivity contribution in [2.75, 3.05) is 49.5 Å². The highest BCUT2D eigenvalue weighted by atomic mass is 16.2. The third-order valence-electron chi connectivity index (χ3n) is 5.44. The molecule has 1 aliphatic rings. The first-order valence-electron chi connectivity index (χ1n) is 9.90. The van der Waals surface area contributed by atoms with Crippen molar-refractivity contribution in [3.05, 3.63) is 23.8 Å². The molecule has 7 heteroatoms. The van der Waals surface area contributed by atoms with Gasteiger partial charge in [-0.1, -0.05) is 0 Å². The van der Waals surface area contributed by atoms with E-state index in [0.29, 0.717) is 31.9 Å². The van der Waals surface area contributed by atoms with Gasteiger partial charge in [0.25, 0.3) is 0 Å². The fourth-order valence-electron chi connectivity index (χ4n) is 3.37. The number of hydrogen-bond donors (Lipinski definition) is 1. The van der Waals surface area contributed by atoms with Crippen molar-refractivity contribution in [3.8, 4) is 0 Å². The van der Waals surface area contributed by atoms with Crippen LogP contribution in [0.25, 0.3) is 0 Å². The van der Waals surface area contributed by atoms with Gasteiger partial charge in [-0.2, -0.15) is 0 Å². The maximum atomic E-state index is 12.9. The molecule has 0 spiro atoms. The van der Waals surface area contributed by atoms with Crippen LogP contribution in [0.1, 0.15) is 33.3 Å². The Morgan fingerprint density at radius 2 is 1.75 bits per heavy atom. The minimum Gasteiger partial charge on any atom is -0.372 e. The molecule has 0 unspecified atom stereocenters. The normalized spacial score (nSPS) is 14.6. The Balaban J connectivity index is 2.08. The SMILES string of the molecule is CCN(CC)c1ccc(NC(=O)C(C)(C)C(=O)N2CCN(C=O)CC2)c(C)c1. The third-order valence-corrected chi connectivity index (χ3v) is 5.44. The minimum absolute atomic E-state index is 0.215. The summed E-state index contributed by atoms with van der Waals surface area (Å²) in [6.07, 6.45) is 0.796. The summed E-state index contributed by atoms with van der Waals surface area (Å²) in [5.74, 6) is -0.540. The molecule has 1 N–H and O–H groups in total. The smallest absolute Gasteiger partial charge is 0.239 e. The number of amides is 3. The van der Waals surface area contributed by atoms with E-state index in [9.17, 15) is 14.4 Å². The van der Waals surface area contributed by atoms with Crippen molar-refractivity contribution < 1.29 is 14.4 Å². The Hall–Kier alpha value is -2.57. The second-order valence-corrected chi connectivity index (χ2v) is 7.68. The summed E-state index contributed by atoms with van der Waals surface area (Å²) < 4.78 is 0. The van der Waals surface area contributed by atoms with E-state index >= 15 is 0 Å². The van der Waals surface area contributed by atoms with Gasteiger partial charge >= 0.3 is 0 Å². The number of hydrogen-bond acceptors (Lipinski definition) is 4. The molecule has 1 aromatic carbocycles. The molecule has 2 rings (SSSR count). The van der Waals surface area contributed by atoms with Gasteiger partial charge in [-0.05, 0) is 58.4 Å². The van der Waals surface area contributed by atoms with Crippen LogP contribution in [0.2, 0.25) is 0 Å². The Morgan fingerprint density at radius 1 is 1.14 bits per heavy atom. The number of nitrogens with zero attached hydrogens (tertiary/aromatic N) is 3. The van der Waals surface area contributed by atoms with E-state index < -0.39 is 5.41 Å². The van der Waals surface area contributed by atoms with Crippen LogP contribution in [0.15, 0.2) is 18.2 Å². The molecule has 0 bridgehead atoms. The molecule has 28 heavy (non-hydrogen) atoms. The standard InChI is InChI=1S/C21H32N4O3/c1-6-24(7-2)17-8-9-18(16(3)14-17)22-19(27)21(4,5)20(28)25-12-10-23(15-26)11-13-25/h8-9,14-15H,6-7,10-13H2,1-5H3,(H,22,27). The van der Waals surface area contributed by atoms with Crippen molar-refractivity contribution in [1.29, 1.82) is 0 Å². The number of rotatable bonds is 7. The zero-order chi connectivity index (χ0) is 20.9. The predicted molar refractivity (Wildman–Crippen MR) is 111 cm³/mol. The predicted octanol–water partition coefficient (Wildman–Crippen LogP) is 2.11. The Morgan fingerprint density at radius 3 is 2.25 bits per heavy atom. The number of aryl methyl sites for hydroxylation is 1. The summed E-state index contributed by atoms with van der Waals surface area (Å²) in [5.41, 5.74) is 1.60. The summed E-state index contributed by atoms with van der Waals surface area (Å²) in [6.45, 7) is 13.2. The van der Waals surface area contributed by atoms with E-state index in [-0.39, 0.29) is 11.8 Å². The zero-order valence-corrected chi connectivity index (χ0v) is 17.6. The molecule has 1 heterocycles. The third kappa shape index (κ3) is 4.64. The van der Waals surface area contributed by atoms with Gasteiger partial charge in [0, 0.05) is 50.6 Å². The van der Waals surface area contributed by atoms with Gasteiger partial charge in [0.1, 0.15) is 5.41 Å².